The molecule has 0 atom stereocenters. The van der Waals surface area contributed by atoms with Crippen LogP contribution in [-0.2, 0) is 6.61 Å². The van der Waals surface area contributed by atoms with Crippen LogP contribution in [0.4, 0.5) is 0 Å². The van der Waals surface area contributed by atoms with E-state index < -0.39 is 0 Å². The Morgan fingerprint density at radius 3 is 2.54 bits per heavy atom. The predicted octanol–water partition coefficient (Wildman–Crippen LogP) is 1.58. The Morgan fingerprint density at radius 2 is 2.00 bits per heavy atom. The molecule has 0 aliphatic rings. The highest BCUT2D eigenvalue weighted by Crippen LogP contribution is 2.11. The minimum atomic E-state index is 0.0602. The second kappa shape index (κ2) is 5.23. The lowest BCUT2D eigenvalue weighted by Crippen LogP contribution is -1.95. The summed E-state index contributed by atoms with van der Waals surface area (Å²) in [6.07, 6.45) is 5.69. The molecule has 0 aliphatic heterocycles. The first kappa shape index (κ1) is 9.63. The van der Waals surface area contributed by atoms with Gasteiger partial charge in [-0.15, -0.1) is 12.3 Å². The molecule has 68 valence electrons. The van der Waals surface area contributed by atoms with Gasteiger partial charge in [-0.3, -0.25) is 0 Å². The molecule has 0 spiro atoms. The van der Waals surface area contributed by atoms with E-state index >= 15 is 0 Å². The average Bonchev–Trinajstić information content (AvgIpc) is 2.19. The maximum atomic E-state index is 8.78. The zero-order valence-corrected chi connectivity index (χ0v) is 7.36. The Balaban J connectivity index is 2.45. The van der Waals surface area contributed by atoms with Crippen LogP contribution in [0.2, 0.25) is 0 Å². The van der Waals surface area contributed by atoms with Crippen molar-refractivity contribution < 1.29 is 9.84 Å². The molecule has 2 heteroatoms. The van der Waals surface area contributed by atoms with Gasteiger partial charge in [0, 0.05) is 6.42 Å². The van der Waals surface area contributed by atoms with Crippen LogP contribution in [0, 0.1) is 12.3 Å². The van der Waals surface area contributed by atoms with Crippen molar-refractivity contribution in [1.82, 2.24) is 0 Å². The number of aliphatic hydroxyl groups is 1. The van der Waals surface area contributed by atoms with Gasteiger partial charge in [-0.2, -0.15) is 0 Å². The molecule has 0 unspecified atom stereocenters. The van der Waals surface area contributed by atoms with E-state index in [0.29, 0.717) is 13.0 Å². The van der Waals surface area contributed by atoms with Gasteiger partial charge >= 0.3 is 0 Å². The van der Waals surface area contributed by atoms with Gasteiger partial charge in [-0.1, -0.05) is 12.1 Å². The summed E-state index contributed by atoms with van der Waals surface area (Å²) in [5.41, 5.74) is 0.879. The molecule has 0 radical (unpaired) electrons. The van der Waals surface area contributed by atoms with Crippen LogP contribution in [0.3, 0.4) is 0 Å². The van der Waals surface area contributed by atoms with Gasteiger partial charge in [0.25, 0.3) is 0 Å². The van der Waals surface area contributed by atoms with E-state index in [1.165, 1.54) is 0 Å². The summed E-state index contributed by atoms with van der Waals surface area (Å²) in [6.45, 7) is 0.597. The van der Waals surface area contributed by atoms with Crippen molar-refractivity contribution in [2.75, 3.05) is 6.61 Å². The lowest BCUT2D eigenvalue weighted by Gasteiger charge is -2.03. The standard InChI is InChI=1S/C11H12O2/c1-2-3-8-13-11-6-4-10(9-12)5-7-11/h1,4-7,12H,3,8-9H2. The van der Waals surface area contributed by atoms with Gasteiger partial charge in [0.1, 0.15) is 5.75 Å². The molecule has 1 aromatic rings. The molecule has 0 fully saturated rings. The summed E-state index contributed by atoms with van der Waals surface area (Å²) in [5, 5.41) is 8.78. The van der Waals surface area contributed by atoms with Crippen molar-refractivity contribution in [3.63, 3.8) is 0 Å². The minimum absolute atomic E-state index is 0.0602. The molecule has 0 aliphatic carbocycles. The van der Waals surface area contributed by atoms with Crippen LogP contribution < -0.4 is 4.74 Å². The fourth-order valence-electron chi connectivity index (χ4n) is 0.919. The Hall–Kier alpha value is -1.46. The SMILES string of the molecule is C#CCCOc1ccc(CO)cc1. The van der Waals surface area contributed by atoms with Crippen molar-refractivity contribution in [1.29, 1.82) is 0 Å². The number of benzene rings is 1. The fraction of sp³-hybridized carbons (Fsp3) is 0.273. The highest BCUT2D eigenvalue weighted by molar-refractivity contribution is 5.26. The Labute approximate surface area is 78.2 Å². The average molecular weight is 176 g/mol. The third kappa shape index (κ3) is 3.18. The predicted molar refractivity (Wildman–Crippen MR) is 51.3 cm³/mol. The number of terminal acetylenes is 1. The molecule has 1 N–H and O–H groups in total. The van der Waals surface area contributed by atoms with Crippen molar-refractivity contribution in [3.8, 4) is 18.1 Å². The second-order valence-electron chi connectivity index (χ2n) is 2.60. The van der Waals surface area contributed by atoms with E-state index in [0.717, 1.165) is 11.3 Å². The van der Waals surface area contributed by atoms with E-state index in [-0.39, 0.29) is 6.61 Å². The molecule has 1 rings (SSSR count). The number of ether oxygens (including phenoxy) is 1. The van der Waals surface area contributed by atoms with E-state index in [1.807, 2.05) is 24.3 Å². The van der Waals surface area contributed by atoms with E-state index in [1.54, 1.807) is 0 Å². The highest BCUT2D eigenvalue weighted by Gasteiger charge is 1.93. The summed E-state index contributed by atoms with van der Waals surface area (Å²) in [7, 11) is 0. The normalized spacial score (nSPS) is 9.23. The van der Waals surface area contributed by atoms with E-state index in [4.69, 9.17) is 16.3 Å². The summed E-state index contributed by atoms with van der Waals surface area (Å²) in [4.78, 5) is 0. The molecule has 1 aromatic carbocycles. The van der Waals surface area contributed by atoms with Gasteiger partial charge in [-0.25, -0.2) is 0 Å². The molecule has 0 heterocycles. The first-order valence-corrected chi connectivity index (χ1v) is 4.13. The second-order valence-corrected chi connectivity index (χ2v) is 2.60. The van der Waals surface area contributed by atoms with Crippen molar-refractivity contribution in [3.05, 3.63) is 29.8 Å². The molecule has 0 amide bonds. The Bertz CT molecular complexity index is 282. The van der Waals surface area contributed by atoms with Crippen molar-refractivity contribution >= 4 is 0 Å². The molecular formula is C11H12O2. The number of hydrogen-bond acceptors (Lipinski definition) is 2. The summed E-state index contributed by atoms with van der Waals surface area (Å²) in [6, 6.07) is 7.29. The van der Waals surface area contributed by atoms with Gasteiger partial charge in [0.2, 0.25) is 0 Å². The van der Waals surface area contributed by atoms with Crippen LogP contribution in [0.5, 0.6) is 5.75 Å². The zero-order valence-electron chi connectivity index (χ0n) is 7.36. The Morgan fingerprint density at radius 1 is 1.31 bits per heavy atom. The smallest absolute Gasteiger partial charge is 0.119 e. The molecule has 0 saturated carbocycles. The van der Waals surface area contributed by atoms with E-state index in [2.05, 4.69) is 5.92 Å². The zero-order chi connectivity index (χ0) is 9.52. The molecule has 0 saturated heterocycles. The highest BCUT2D eigenvalue weighted by atomic mass is 16.5. The molecule has 2 nitrogen and oxygen atoms in total. The maximum Gasteiger partial charge on any atom is 0.119 e. The summed E-state index contributed by atoms with van der Waals surface area (Å²) >= 11 is 0. The number of rotatable bonds is 4. The third-order valence-corrected chi connectivity index (χ3v) is 1.62. The van der Waals surface area contributed by atoms with Gasteiger partial charge in [0.15, 0.2) is 0 Å². The monoisotopic (exact) mass is 176 g/mol. The van der Waals surface area contributed by atoms with Crippen LogP contribution in [-0.4, -0.2) is 11.7 Å². The summed E-state index contributed by atoms with van der Waals surface area (Å²) in [5.74, 6) is 3.28. The number of aliphatic hydroxyl groups excluding tert-OH is 1. The number of hydrogen-bond donors (Lipinski definition) is 1. The van der Waals surface area contributed by atoms with Crippen molar-refractivity contribution in [2.45, 2.75) is 13.0 Å². The largest absolute Gasteiger partial charge is 0.493 e. The van der Waals surface area contributed by atoms with E-state index in [9.17, 15) is 0 Å². The minimum Gasteiger partial charge on any atom is -0.493 e. The first-order chi connectivity index (χ1) is 6.36. The van der Waals surface area contributed by atoms with Crippen LogP contribution in [0.1, 0.15) is 12.0 Å². The van der Waals surface area contributed by atoms with Crippen molar-refractivity contribution in [2.24, 2.45) is 0 Å². The topological polar surface area (TPSA) is 29.5 Å². The van der Waals surface area contributed by atoms with Gasteiger partial charge in [0.05, 0.1) is 13.2 Å². The molecule has 0 aromatic heterocycles. The summed E-state index contributed by atoms with van der Waals surface area (Å²) < 4.78 is 5.32. The van der Waals surface area contributed by atoms with Crippen LogP contribution >= 0.6 is 0 Å². The van der Waals surface area contributed by atoms with Crippen LogP contribution in [0.25, 0.3) is 0 Å². The fourth-order valence-corrected chi connectivity index (χ4v) is 0.919. The van der Waals surface area contributed by atoms with Crippen LogP contribution in [0.15, 0.2) is 24.3 Å². The van der Waals surface area contributed by atoms with Gasteiger partial charge < -0.3 is 9.84 Å². The lowest BCUT2D eigenvalue weighted by atomic mass is 10.2. The molecular weight excluding hydrogens is 164 g/mol. The first-order valence-electron chi connectivity index (χ1n) is 4.13. The quantitative estimate of drug-likeness (QED) is 0.557. The lowest BCUT2D eigenvalue weighted by molar-refractivity contribution is 0.281. The Kier molecular flexibility index (Phi) is 3.87. The maximum absolute atomic E-state index is 8.78. The molecule has 0 bridgehead atoms. The van der Waals surface area contributed by atoms with Gasteiger partial charge in [-0.05, 0) is 17.7 Å². The third-order valence-electron chi connectivity index (χ3n) is 1.62. The molecule has 13 heavy (non-hydrogen) atoms.